The van der Waals surface area contributed by atoms with Crippen LogP contribution in [0.2, 0.25) is 0 Å². The first-order valence-electron chi connectivity index (χ1n) is 11.4. The van der Waals surface area contributed by atoms with Gasteiger partial charge in [0.05, 0.1) is 22.9 Å². The topological polar surface area (TPSA) is 92.4 Å². The van der Waals surface area contributed by atoms with Crippen molar-refractivity contribution >= 4 is 34.9 Å². The SMILES string of the molecule is COC(=O)c1ccc(/C=c2/s/c(=C(\C#N)C(=O)N3CCCCC3)n(-c3ccc(C)cc3)c2=O)cc1. The first-order valence-corrected chi connectivity index (χ1v) is 12.2. The third kappa shape index (κ3) is 5.10. The Morgan fingerprint density at radius 2 is 1.69 bits per heavy atom. The van der Waals surface area contributed by atoms with Gasteiger partial charge in [-0.15, -0.1) is 11.3 Å². The molecule has 0 saturated carbocycles. The van der Waals surface area contributed by atoms with Gasteiger partial charge in [0.1, 0.15) is 10.7 Å². The van der Waals surface area contributed by atoms with Crippen LogP contribution in [0.5, 0.6) is 0 Å². The number of hydrogen-bond donors (Lipinski definition) is 0. The molecule has 3 aromatic rings. The maximum Gasteiger partial charge on any atom is 0.337 e. The number of benzene rings is 2. The number of carbonyl (C=O) groups excluding carboxylic acids is 2. The number of esters is 1. The highest BCUT2D eigenvalue weighted by molar-refractivity contribution is 7.07. The molecular formula is C27H25N3O4S. The molecule has 2 heterocycles. The Balaban J connectivity index is 1.92. The molecule has 0 unspecified atom stereocenters. The molecule has 7 nitrogen and oxygen atoms in total. The van der Waals surface area contributed by atoms with Crippen LogP contribution in [0.3, 0.4) is 0 Å². The quantitative estimate of drug-likeness (QED) is 0.528. The second kappa shape index (κ2) is 10.5. The van der Waals surface area contributed by atoms with E-state index in [0.717, 1.165) is 36.2 Å². The fourth-order valence-corrected chi connectivity index (χ4v) is 5.10. The minimum atomic E-state index is -0.443. The van der Waals surface area contributed by atoms with Crippen LogP contribution in [0.25, 0.3) is 17.3 Å². The third-order valence-corrected chi connectivity index (χ3v) is 7.02. The van der Waals surface area contributed by atoms with E-state index in [1.807, 2.05) is 31.2 Å². The van der Waals surface area contributed by atoms with Crippen molar-refractivity contribution in [3.05, 3.63) is 84.8 Å². The predicted octanol–water partition coefficient (Wildman–Crippen LogP) is 2.51. The Morgan fingerprint density at radius 3 is 2.29 bits per heavy atom. The highest BCUT2D eigenvalue weighted by atomic mass is 32.1. The largest absolute Gasteiger partial charge is 0.465 e. The van der Waals surface area contributed by atoms with E-state index in [0.29, 0.717) is 39.1 Å². The van der Waals surface area contributed by atoms with Crippen LogP contribution in [-0.2, 0) is 9.53 Å². The number of amides is 1. The van der Waals surface area contributed by atoms with Gasteiger partial charge >= 0.3 is 5.97 Å². The fraction of sp³-hybridized carbons (Fsp3) is 0.259. The van der Waals surface area contributed by atoms with Gasteiger partial charge in [-0.2, -0.15) is 5.26 Å². The molecule has 1 saturated heterocycles. The summed E-state index contributed by atoms with van der Waals surface area (Å²) >= 11 is 1.12. The summed E-state index contributed by atoms with van der Waals surface area (Å²) in [5.74, 6) is -0.788. The maximum atomic E-state index is 13.5. The normalized spacial score (nSPS) is 14.9. The first kappa shape index (κ1) is 24.2. The lowest BCUT2D eigenvalue weighted by Crippen LogP contribution is -2.39. The van der Waals surface area contributed by atoms with Crippen LogP contribution >= 0.6 is 11.3 Å². The number of nitriles is 1. The van der Waals surface area contributed by atoms with Crippen molar-refractivity contribution in [2.24, 2.45) is 0 Å². The van der Waals surface area contributed by atoms with Crippen LogP contribution in [0.15, 0.2) is 53.3 Å². The first-order chi connectivity index (χ1) is 16.9. The Kier molecular flexibility index (Phi) is 7.28. The van der Waals surface area contributed by atoms with Crippen molar-refractivity contribution in [2.75, 3.05) is 20.2 Å². The van der Waals surface area contributed by atoms with E-state index in [1.54, 1.807) is 35.2 Å². The smallest absolute Gasteiger partial charge is 0.337 e. The zero-order valence-electron chi connectivity index (χ0n) is 19.6. The minimum absolute atomic E-state index is 0.0322. The average Bonchev–Trinajstić information content (AvgIpc) is 3.20. The number of likely N-dealkylation sites (tertiary alicyclic amines) is 1. The monoisotopic (exact) mass is 487 g/mol. The summed E-state index contributed by atoms with van der Waals surface area (Å²) in [7, 11) is 1.32. The van der Waals surface area contributed by atoms with Gasteiger partial charge in [-0.3, -0.25) is 14.2 Å². The molecule has 8 heteroatoms. The number of rotatable bonds is 4. The highest BCUT2D eigenvalue weighted by Gasteiger charge is 2.23. The average molecular weight is 488 g/mol. The molecule has 1 fully saturated rings. The van der Waals surface area contributed by atoms with Crippen molar-refractivity contribution in [1.29, 1.82) is 5.26 Å². The van der Waals surface area contributed by atoms with E-state index >= 15 is 0 Å². The molecular weight excluding hydrogens is 462 g/mol. The van der Waals surface area contributed by atoms with E-state index in [9.17, 15) is 19.6 Å². The predicted molar refractivity (Wildman–Crippen MR) is 135 cm³/mol. The van der Waals surface area contributed by atoms with Crippen molar-refractivity contribution in [3.63, 3.8) is 0 Å². The Labute approximate surface area is 206 Å². The zero-order valence-corrected chi connectivity index (χ0v) is 20.4. The highest BCUT2D eigenvalue weighted by Crippen LogP contribution is 2.13. The zero-order chi connectivity index (χ0) is 24.9. The lowest BCUT2D eigenvalue weighted by molar-refractivity contribution is -0.125. The van der Waals surface area contributed by atoms with Gasteiger partial charge in [0.25, 0.3) is 11.5 Å². The van der Waals surface area contributed by atoms with Crippen LogP contribution < -0.4 is 14.8 Å². The molecule has 1 amide bonds. The molecule has 0 spiro atoms. The maximum absolute atomic E-state index is 13.5. The summed E-state index contributed by atoms with van der Waals surface area (Å²) in [6.07, 6.45) is 4.57. The van der Waals surface area contributed by atoms with E-state index < -0.39 is 5.97 Å². The van der Waals surface area contributed by atoms with Gasteiger partial charge in [0.2, 0.25) is 0 Å². The molecule has 1 aliphatic heterocycles. The van der Waals surface area contributed by atoms with Gasteiger partial charge < -0.3 is 9.64 Å². The van der Waals surface area contributed by atoms with Crippen molar-refractivity contribution in [3.8, 4) is 11.8 Å². The van der Waals surface area contributed by atoms with E-state index in [2.05, 4.69) is 6.07 Å². The number of piperidine rings is 1. The molecule has 178 valence electrons. The number of hydrogen-bond acceptors (Lipinski definition) is 6. The molecule has 0 N–H and O–H groups in total. The van der Waals surface area contributed by atoms with Gasteiger partial charge in [-0.05, 0) is 62.1 Å². The molecule has 0 atom stereocenters. The van der Waals surface area contributed by atoms with Crippen molar-refractivity contribution in [2.45, 2.75) is 26.2 Å². The Bertz CT molecular complexity index is 1470. The Morgan fingerprint density at radius 1 is 1.03 bits per heavy atom. The van der Waals surface area contributed by atoms with Gasteiger partial charge in [0.15, 0.2) is 5.57 Å². The number of nitrogens with zero attached hydrogens (tertiary/aromatic N) is 3. The molecule has 0 aliphatic carbocycles. The molecule has 35 heavy (non-hydrogen) atoms. The van der Waals surface area contributed by atoms with Crippen LogP contribution in [0.1, 0.15) is 40.7 Å². The number of ether oxygens (including phenoxy) is 1. The standard InChI is InChI=1S/C27H25N3O4S/c1-18-6-12-21(13-7-18)30-25(32)23(16-19-8-10-20(11-9-19)27(33)34-2)35-26(30)22(17-28)24(31)29-14-4-3-5-15-29/h6-13,16H,3-5,14-15H2,1-2H3/b23-16+,26-22+. The number of carbonyl (C=O) groups is 2. The van der Waals surface area contributed by atoms with Gasteiger partial charge in [-0.1, -0.05) is 29.8 Å². The lowest BCUT2D eigenvalue weighted by Gasteiger charge is -2.26. The number of aryl methyl sites for hydroxylation is 1. The minimum Gasteiger partial charge on any atom is -0.465 e. The fourth-order valence-electron chi connectivity index (χ4n) is 4.01. The van der Waals surface area contributed by atoms with E-state index in [4.69, 9.17) is 4.74 Å². The molecule has 0 radical (unpaired) electrons. The van der Waals surface area contributed by atoms with Gasteiger partial charge in [0, 0.05) is 13.1 Å². The summed E-state index contributed by atoms with van der Waals surface area (Å²) in [5, 5.41) is 9.99. The lowest BCUT2D eigenvalue weighted by atomic mass is 10.1. The summed E-state index contributed by atoms with van der Waals surface area (Å²) in [6.45, 7) is 3.16. The van der Waals surface area contributed by atoms with Crippen LogP contribution in [0, 0.1) is 18.3 Å². The number of thiazole rings is 1. The summed E-state index contributed by atoms with van der Waals surface area (Å²) < 4.78 is 6.87. The molecule has 1 aliphatic rings. The van der Waals surface area contributed by atoms with E-state index in [1.165, 1.54) is 11.7 Å². The molecule has 1 aromatic heterocycles. The van der Waals surface area contributed by atoms with Crippen molar-refractivity contribution < 1.29 is 14.3 Å². The summed E-state index contributed by atoms with van der Waals surface area (Å²) in [4.78, 5) is 40.2. The number of methoxy groups -OCH3 is 1. The van der Waals surface area contributed by atoms with E-state index in [-0.39, 0.29) is 17.0 Å². The summed E-state index contributed by atoms with van der Waals surface area (Å²) in [6, 6.07) is 16.1. The Hall–Kier alpha value is -3.96. The molecule has 4 rings (SSSR count). The third-order valence-electron chi connectivity index (χ3n) is 5.93. The molecule has 2 aromatic carbocycles. The van der Waals surface area contributed by atoms with Gasteiger partial charge in [-0.25, -0.2) is 4.79 Å². The summed E-state index contributed by atoms with van der Waals surface area (Å²) in [5.41, 5.74) is 2.39. The van der Waals surface area contributed by atoms with Crippen LogP contribution in [-0.4, -0.2) is 41.5 Å². The second-order valence-corrected chi connectivity index (χ2v) is 9.38. The molecule has 0 bridgehead atoms. The van der Waals surface area contributed by atoms with Crippen LogP contribution in [0.4, 0.5) is 0 Å². The number of aromatic nitrogens is 1. The second-order valence-electron chi connectivity index (χ2n) is 8.35. The van der Waals surface area contributed by atoms with Crippen molar-refractivity contribution in [1.82, 2.24) is 9.47 Å².